The van der Waals surface area contributed by atoms with Crippen molar-refractivity contribution in [2.24, 2.45) is 0 Å². The molecule has 0 spiro atoms. The number of nitrogens with one attached hydrogen (secondary N) is 1. The summed E-state index contributed by atoms with van der Waals surface area (Å²) in [4.78, 5) is 31.2. The molecule has 0 radical (unpaired) electrons. The molecule has 1 N–H and O–H groups in total. The van der Waals surface area contributed by atoms with E-state index in [1.54, 1.807) is 6.07 Å². The largest absolute Gasteiger partial charge is 0.421 e. The van der Waals surface area contributed by atoms with E-state index in [-0.39, 0.29) is 23.9 Å². The summed E-state index contributed by atoms with van der Waals surface area (Å²) in [6.07, 6.45) is 4.02. The minimum atomic E-state index is -0.538. The van der Waals surface area contributed by atoms with Crippen molar-refractivity contribution in [1.82, 2.24) is 19.7 Å². The van der Waals surface area contributed by atoms with Gasteiger partial charge in [-0.1, -0.05) is 12.1 Å². The van der Waals surface area contributed by atoms with E-state index in [9.17, 15) is 14.0 Å². The third-order valence-corrected chi connectivity index (χ3v) is 3.03. The molecule has 0 aliphatic rings. The fourth-order valence-electron chi connectivity index (χ4n) is 1.90. The number of carbonyl (C=O) groups is 1. The summed E-state index contributed by atoms with van der Waals surface area (Å²) < 4.78 is 19.7. The highest BCUT2D eigenvalue weighted by atomic mass is 19.1. The maximum atomic E-state index is 13.5. The Balaban J connectivity index is 1.63. The van der Waals surface area contributed by atoms with E-state index in [0.29, 0.717) is 5.69 Å². The summed E-state index contributed by atoms with van der Waals surface area (Å²) in [5.74, 6) is -1.01. The van der Waals surface area contributed by atoms with Gasteiger partial charge in [0.25, 0.3) is 5.56 Å². The Hall–Kier alpha value is -3.62. The monoisotopic (exact) mass is 341 g/mol. The molecular formula is C16H12FN5O3. The summed E-state index contributed by atoms with van der Waals surface area (Å²) in [5.41, 5.74) is -0.0857. The Labute approximate surface area is 140 Å². The molecule has 3 rings (SSSR count). The van der Waals surface area contributed by atoms with Crippen LogP contribution in [0.15, 0.2) is 59.8 Å². The van der Waals surface area contributed by atoms with E-state index in [1.165, 1.54) is 48.9 Å². The zero-order valence-corrected chi connectivity index (χ0v) is 12.8. The minimum Gasteiger partial charge on any atom is -0.421 e. The molecule has 126 valence electrons. The van der Waals surface area contributed by atoms with Gasteiger partial charge in [0.05, 0.1) is 18.1 Å². The summed E-state index contributed by atoms with van der Waals surface area (Å²) in [5, 5.41) is 6.31. The molecule has 1 aromatic carbocycles. The number of ether oxygens (including phenoxy) is 1. The number of halogens is 1. The van der Waals surface area contributed by atoms with Crippen LogP contribution in [0.2, 0.25) is 0 Å². The van der Waals surface area contributed by atoms with Crippen molar-refractivity contribution in [1.29, 1.82) is 0 Å². The van der Waals surface area contributed by atoms with Gasteiger partial charge in [0, 0.05) is 12.3 Å². The topological polar surface area (TPSA) is 99.0 Å². The van der Waals surface area contributed by atoms with Gasteiger partial charge in [0.15, 0.2) is 11.6 Å². The quantitative estimate of drug-likeness (QED) is 0.757. The average molecular weight is 341 g/mol. The molecule has 3 aromatic rings. The first-order valence-electron chi connectivity index (χ1n) is 7.18. The highest BCUT2D eigenvalue weighted by Gasteiger charge is 2.08. The van der Waals surface area contributed by atoms with Crippen molar-refractivity contribution in [3.05, 3.63) is 71.2 Å². The fraction of sp³-hybridized carbons (Fsp3) is 0.0625. The van der Waals surface area contributed by atoms with Crippen LogP contribution < -0.4 is 15.6 Å². The first kappa shape index (κ1) is 16.2. The first-order valence-corrected chi connectivity index (χ1v) is 7.18. The van der Waals surface area contributed by atoms with E-state index in [1.807, 2.05) is 0 Å². The van der Waals surface area contributed by atoms with Gasteiger partial charge in [-0.3, -0.25) is 9.59 Å². The molecule has 0 atom stereocenters. The molecule has 8 nitrogen and oxygen atoms in total. The van der Waals surface area contributed by atoms with Crippen molar-refractivity contribution in [2.45, 2.75) is 6.54 Å². The molecule has 2 heterocycles. The SMILES string of the molecule is O=C(Cn1ncccc1=O)Nc1cnc(Oc2ccccc2F)nc1. The predicted octanol–water partition coefficient (Wildman–Crippen LogP) is 1.60. The number of rotatable bonds is 5. The van der Waals surface area contributed by atoms with Crippen molar-refractivity contribution in [3.8, 4) is 11.8 Å². The van der Waals surface area contributed by atoms with Crippen LogP contribution in [0.25, 0.3) is 0 Å². The number of hydrogen-bond acceptors (Lipinski definition) is 6. The fourth-order valence-corrected chi connectivity index (χ4v) is 1.90. The third kappa shape index (κ3) is 4.22. The van der Waals surface area contributed by atoms with Gasteiger partial charge in [-0.05, 0) is 18.2 Å². The standard InChI is InChI=1S/C16H12FN5O3/c17-12-4-1-2-5-13(12)25-16-18-8-11(9-19-16)21-14(23)10-22-15(24)6-3-7-20-22/h1-9H,10H2,(H,21,23). The average Bonchev–Trinajstić information content (AvgIpc) is 2.61. The van der Waals surface area contributed by atoms with Crippen LogP contribution in [0.3, 0.4) is 0 Å². The molecule has 0 bridgehead atoms. The number of nitrogens with zero attached hydrogens (tertiary/aromatic N) is 4. The lowest BCUT2D eigenvalue weighted by Crippen LogP contribution is -2.28. The van der Waals surface area contributed by atoms with Gasteiger partial charge in [-0.25, -0.2) is 19.0 Å². The number of benzene rings is 1. The zero-order valence-electron chi connectivity index (χ0n) is 12.8. The number of para-hydroxylation sites is 1. The Morgan fingerprint density at radius 3 is 2.64 bits per heavy atom. The molecule has 0 aliphatic carbocycles. The molecule has 25 heavy (non-hydrogen) atoms. The first-order chi connectivity index (χ1) is 12.1. The molecule has 2 aromatic heterocycles. The smallest absolute Gasteiger partial charge is 0.322 e. The molecule has 0 unspecified atom stereocenters. The molecule has 0 fully saturated rings. The van der Waals surface area contributed by atoms with Crippen molar-refractivity contribution in [2.75, 3.05) is 5.32 Å². The number of aromatic nitrogens is 4. The molecular weight excluding hydrogens is 329 g/mol. The lowest BCUT2D eigenvalue weighted by molar-refractivity contribution is -0.117. The second kappa shape index (κ2) is 7.30. The van der Waals surface area contributed by atoms with Crippen LogP contribution in [0.1, 0.15) is 0 Å². The van der Waals surface area contributed by atoms with Crippen LogP contribution in [-0.2, 0) is 11.3 Å². The van der Waals surface area contributed by atoms with Crippen LogP contribution in [0.4, 0.5) is 10.1 Å². The maximum Gasteiger partial charge on any atom is 0.322 e. The van der Waals surface area contributed by atoms with Crippen LogP contribution >= 0.6 is 0 Å². The van der Waals surface area contributed by atoms with Crippen LogP contribution in [0, 0.1) is 5.82 Å². The highest BCUT2D eigenvalue weighted by Crippen LogP contribution is 2.21. The number of anilines is 1. The second-order valence-electron chi connectivity index (χ2n) is 4.85. The van der Waals surface area contributed by atoms with Crippen molar-refractivity contribution < 1.29 is 13.9 Å². The molecule has 1 amide bonds. The normalized spacial score (nSPS) is 10.3. The van der Waals surface area contributed by atoms with Crippen molar-refractivity contribution >= 4 is 11.6 Å². The van der Waals surface area contributed by atoms with Gasteiger partial charge in [0.2, 0.25) is 5.91 Å². The van der Waals surface area contributed by atoms with Crippen LogP contribution in [-0.4, -0.2) is 25.7 Å². The lowest BCUT2D eigenvalue weighted by atomic mass is 10.3. The van der Waals surface area contributed by atoms with E-state index in [4.69, 9.17) is 4.74 Å². The summed E-state index contributed by atoms with van der Waals surface area (Å²) in [6, 6.07) is 8.57. The van der Waals surface area contributed by atoms with Gasteiger partial charge < -0.3 is 10.1 Å². The Morgan fingerprint density at radius 2 is 1.92 bits per heavy atom. The van der Waals surface area contributed by atoms with Crippen LogP contribution in [0.5, 0.6) is 11.8 Å². The second-order valence-corrected chi connectivity index (χ2v) is 4.85. The number of hydrogen-bond donors (Lipinski definition) is 1. The van der Waals surface area contributed by atoms with E-state index >= 15 is 0 Å². The van der Waals surface area contributed by atoms with E-state index in [0.717, 1.165) is 4.68 Å². The van der Waals surface area contributed by atoms with Gasteiger partial charge >= 0.3 is 6.01 Å². The minimum absolute atomic E-state index is 0.00573. The highest BCUT2D eigenvalue weighted by molar-refractivity contribution is 5.90. The third-order valence-electron chi connectivity index (χ3n) is 3.03. The Kier molecular flexibility index (Phi) is 4.74. The molecule has 0 aliphatic heterocycles. The van der Waals surface area contributed by atoms with Gasteiger partial charge in [0.1, 0.15) is 6.54 Å². The van der Waals surface area contributed by atoms with E-state index < -0.39 is 11.7 Å². The molecule has 0 saturated carbocycles. The Morgan fingerprint density at radius 1 is 1.16 bits per heavy atom. The van der Waals surface area contributed by atoms with Gasteiger partial charge in [-0.15, -0.1) is 0 Å². The summed E-state index contributed by atoms with van der Waals surface area (Å²) in [6.45, 7) is -0.243. The predicted molar refractivity (Wildman–Crippen MR) is 85.6 cm³/mol. The van der Waals surface area contributed by atoms with Crippen molar-refractivity contribution in [3.63, 3.8) is 0 Å². The molecule has 9 heteroatoms. The van der Waals surface area contributed by atoms with E-state index in [2.05, 4.69) is 20.4 Å². The zero-order chi connectivity index (χ0) is 17.6. The lowest BCUT2D eigenvalue weighted by Gasteiger charge is -2.07. The Bertz CT molecular complexity index is 943. The maximum absolute atomic E-state index is 13.5. The summed E-state index contributed by atoms with van der Waals surface area (Å²) >= 11 is 0. The molecule has 0 saturated heterocycles. The number of amides is 1. The van der Waals surface area contributed by atoms with Gasteiger partial charge in [-0.2, -0.15) is 5.10 Å². The number of carbonyl (C=O) groups excluding carboxylic acids is 1. The summed E-state index contributed by atoms with van der Waals surface area (Å²) in [7, 11) is 0.